The summed E-state index contributed by atoms with van der Waals surface area (Å²) in [6, 6.07) is 3.47. The van der Waals surface area contributed by atoms with Crippen molar-refractivity contribution in [1.82, 2.24) is 5.32 Å². The predicted molar refractivity (Wildman–Crippen MR) is 82.9 cm³/mol. The first-order valence-electron chi connectivity index (χ1n) is 6.69. The Morgan fingerprint density at radius 2 is 1.95 bits per heavy atom. The maximum absolute atomic E-state index is 13.5. The van der Waals surface area contributed by atoms with E-state index in [4.69, 9.17) is 18.0 Å². The fourth-order valence-corrected chi connectivity index (χ4v) is 2.37. The molecule has 1 atom stereocenters. The summed E-state index contributed by atoms with van der Waals surface area (Å²) in [5.41, 5.74) is 7.61. The van der Waals surface area contributed by atoms with Crippen LogP contribution >= 0.6 is 12.2 Å². The molecule has 1 unspecified atom stereocenters. The molecule has 3 N–H and O–H groups in total. The van der Waals surface area contributed by atoms with Crippen molar-refractivity contribution >= 4 is 23.1 Å². The molecular weight excluding hydrogens is 275 g/mol. The lowest BCUT2D eigenvalue weighted by molar-refractivity contribution is -0.123. The second kappa shape index (κ2) is 7.33. The van der Waals surface area contributed by atoms with Crippen LogP contribution in [0.2, 0.25) is 0 Å². The summed E-state index contributed by atoms with van der Waals surface area (Å²) in [6.07, 6.45) is 1.48. The number of nitrogens with one attached hydrogen (secondary N) is 1. The van der Waals surface area contributed by atoms with Crippen LogP contribution in [0.25, 0.3) is 0 Å². The minimum Gasteiger partial charge on any atom is -0.393 e. The molecule has 0 bridgehead atoms. The van der Waals surface area contributed by atoms with Gasteiger partial charge in [-0.05, 0) is 37.0 Å². The summed E-state index contributed by atoms with van der Waals surface area (Å²) in [5.74, 6) is -0.802. The van der Waals surface area contributed by atoms with Gasteiger partial charge in [0.05, 0.1) is 10.9 Å². The van der Waals surface area contributed by atoms with Gasteiger partial charge in [-0.2, -0.15) is 0 Å². The highest BCUT2D eigenvalue weighted by Crippen LogP contribution is 2.15. The van der Waals surface area contributed by atoms with Crippen molar-refractivity contribution in [2.75, 3.05) is 0 Å². The van der Waals surface area contributed by atoms with E-state index >= 15 is 0 Å². The zero-order valence-electron chi connectivity index (χ0n) is 12.1. The van der Waals surface area contributed by atoms with Gasteiger partial charge in [0.25, 0.3) is 0 Å². The minimum atomic E-state index is -0.433. The van der Waals surface area contributed by atoms with Gasteiger partial charge in [-0.1, -0.05) is 37.7 Å². The summed E-state index contributed by atoms with van der Waals surface area (Å²) < 4.78 is 13.5. The number of carbonyl (C=O) groups excluding carboxylic acids is 1. The van der Waals surface area contributed by atoms with Crippen LogP contribution in [-0.4, -0.2) is 10.9 Å². The summed E-state index contributed by atoms with van der Waals surface area (Å²) in [7, 11) is 0. The third kappa shape index (κ3) is 4.27. The molecule has 1 rings (SSSR count). The van der Waals surface area contributed by atoms with E-state index in [1.54, 1.807) is 26.0 Å². The maximum atomic E-state index is 13.5. The highest BCUT2D eigenvalue weighted by atomic mass is 32.1. The number of thiocarbonyl (C=S) groups is 1. The Morgan fingerprint density at radius 3 is 2.40 bits per heavy atom. The van der Waals surface area contributed by atoms with E-state index in [1.165, 1.54) is 0 Å². The molecule has 110 valence electrons. The molecule has 3 nitrogen and oxygen atoms in total. The highest BCUT2D eigenvalue weighted by Gasteiger charge is 2.20. The first kappa shape index (κ1) is 16.6. The number of amides is 1. The van der Waals surface area contributed by atoms with Crippen molar-refractivity contribution in [3.63, 3.8) is 0 Å². The van der Waals surface area contributed by atoms with Gasteiger partial charge in [0.2, 0.25) is 5.91 Å². The highest BCUT2D eigenvalue weighted by molar-refractivity contribution is 7.80. The molecule has 0 saturated heterocycles. The number of hydrogen-bond donors (Lipinski definition) is 2. The Morgan fingerprint density at radius 1 is 1.40 bits per heavy atom. The van der Waals surface area contributed by atoms with Crippen molar-refractivity contribution in [2.24, 2.45) is 11.7 Å². The fraction of sp³-hybridized carbons (Fsp3) is 0.467. The van der Waals surface area contributed by atoms with Gasteiger partial charge in [-0.3, -0.25) is 4.79 Å². The zero-order chi connectivity index (χ0) is 15.3. The van der Waals surface area contributed by atoms with E-state index < -0.39 is 5.92 Å². The summed E-state index contributed by atoms with van der Waals surface area (Å²) in [6.45, 7) is 5.75. The van der Waals surface area contributed by atoms with Crippen LogP contribution in [0.4, 0.5) is 4.39 Å². The molecule has 0 aliphatic rings. The molecule has 1 amide bonds. The normalized spacial score (nSPS) is 12.0. The number of carbonyl (C=O) groups is 1. The number of rotatable bonds is 6. The van der Waals surface area contributed by atoms with Crippen molar-refractivity contribution in [3.8, 4) is 0 Å². The van der Waals surface area contributed by atoms with Crippen LogP contribution in [0.3, 0.4) is 0 Å². The Balaban J connectivity index is 2.71. The van der Waals surface area contributed by atoms with Crippen LogP contribution in [-0.2, 0) is 11.3 Å². The van der Waals surface area contributed by atoms with Crippen molar-refractivity contribution < 1.29 is 9.18 Å². The molecule has 20 heavy (non-hydrogen) atoms. The molecule has 0 heterocycles. The molecular formula is C15H21FN2OS. The topological polar surface area (TPSA) is 55.1 Å². The molecule has 1 aromatic carbocycles. The fourth-order valence-electron chi connectivity index (χ4n) is 2.14. The van der Waals surface area contributed by atoms with E-state index in [9.17, 15) is 9.18 Å². The van der Waals surface area contributed by atoms with Crippen LogP contribution in [0.15, 0.2) is 12.1 Å². The molecule has 0 aliphatic heterocycles. The number of aryl methyl sites for hydroxylation is 2. The van der Waals surface area contributed by atoms with Gasteiger partial charge >= 0.3 is 0 Å². The van der Waals surface area contributed by atoms with Crippen LogP contribution < -0.4 is 11.1 Å². The minimum absolute atomic E-state index is 0.168. The van der Waals surface area contributed by atoms with Crippen molar-refractivity contribution in [3.05, 3.63) is 34.6 Å². The number of halogens is 1. The van der Waals surface area contributed by atoms with Gasteiger partial charge in [0.1, 0.15) is 5.82 Å². The average Bonchev–Trinajstić information content (AvgIpc) is 2.38. The van der Waals surface area contributed by atoms with Crippen molar-refractivity contribution in [1.29, 1.82) is 0 Å². The summed E-state index contributed by atoms with van der Waals surface area (Å²) in [4.78, 5) is 12.3. The van der Waals surface area contributed by atoms with Crippen LogP contribution in [0, 0.1) is 25.6 Å². The SMILES string of the molecule is CCCC(C(=O)NCc1cc(C)c(F)c(C)c1)C(N)=S. The first-order valence-corrected chi connectivity index (χ1v) is 7.10. The second-order valence-corrected chi connectivity index (χ2v) is 5.48. The predicted octanol–water partition coefficient (Wildman–Crippen LogP) is 2.76. The van der Waals surface area contributed by atoms with Gasteiger partial charge < -0.3 is 11.1 Å². The van der Waals surface area contributed by atoms with E-state index in [2.05, 4.69) is 5.32 Å². The molecule has 0 fully saturated rings. The number of benzene rings is 1. The smallest absolute Gasteiger partial charge is 0.230 e. The summed E-state index contributed by atoms with van der Waals surface area (Å²) in [5, 5.41) is 2.81. The Hall–Kier alpha value is -1.49. The van der Waals surface area contributed by atoms with Gasteiger partial charge in [-0.25, -0.2) is 4.39 Å². The van der Waals surface area contributed by atoms with Gasteiger partial charge in [0, 0.05) is 6.54 Å². The Labute approximate surface area is 124 Å². The maximum Gasteiger partial charge on any atom is 0.230 e. The lowest BCUT2D eigenvalue weighted by Crippen LogP contribution is -2.37. The molecule has 0 radical (unpaired) electrons. The largest absolute Gasteiger partial charge is 0.393 e. The molecule has 1 aromatic rings. The quantitative estimate of drug-likeness (QED) is 0.794. The average molecular weight is 296 g/mol. The van der Waals surface area contributed by atoms with Gasteiger partial charge in [-0.15, -0.1) is 0 Å². The lowest BCUT2D eigenvalue weighted by atomic mass is 10.0. The molecule has 5 heteroatoms. The lowest BCUT2D eigenvalue weighted by Gasteiger charge is -2.15. The number of hydrogen-bond acceptors (Lipinski definition) is 2. The standard InChI is InChI=1S/C15H21FN2OS/c1-4-5-12(14(17)20)15(19)18-8-11-6-9(2)13(16)10(3)7-11/h6-7,12H,4-5,8H2,1-3H3,(H2,17,20)(H,18,19). The zero-order valence-corrected chi connectivity index (χ0v) is 12.9. The van der Waals surface area contributed by atoms with Crippen molar-refractivity contribution in [2.45, 2.75) is 40.2 Å². The number of nitrogens with two attached hydrogens (primary N) is 1. The van der Waals surface area contributed by atoms with E-state index in [-0.39, 0.29) is 16.7 Å². The van der Waals surface area contributed by atoms with Gasteiger partial charge in [0.15, 0.2) is 0 Å². The third-order valence-electron chi connectivity index (χ3n) is 3.20. The Bertz CT molecular complexity index is 494. The van der Waals surface area contributed by atoms with E-state index in [0.717, 1.165) is 12.0 Å². The monoisotopic (exact) mass is 296 g/mol. The molecule has 0 aliphatic carbocycles. The van der Waals surface area contributed by atoms with Crippen LogP contribution in [0.1, 0.15) is 36.5 Å². The first-order chi connectivity index (χ1) is 9.36. The van der Waals surface area contributed by atoms with E-state index in [0.29, 0.717) is 24.1 Å². The molecule has 0 aromatic heterocycles. The molecule has 0 saturated carbocycles. The van der Waals surface area contributed by atoms with Crippen LogP contribution in [0.5, 0.6) is 0 Å². The van der Waals surface area contributed by atoms with E-state index in [1.807, 2.05) is 6.92 Å². The third-order valence-corrected chi connectivity index (χ3v) is 3.48. The Kier molecular flexibility index (Phi) is 6.07. The second-order valence-electron chi connectivity index (χ2n) is 5.01. The molecule has 0 spiro atoms. The summed E-state index contributed by atoms with van der Waals surface area (Å²) >= 11 is 4.92.